The molecule has 0 amide bonds. The molecule has 1 saturated heterocycles. The van der Waals surface area contributed by atoms with Gasteiger partial charge in [-0.05, 0) is 26.0 Å². The van der Waals surface area contributed by atoms with E-state index in [2.05, 4.69) is 5.32 Å². The van der Waals surface area contributed by atoms with Gasteiger partial charge in [0, 0.05) is 7.11 Å². The number of rotatable bonds is 3. The lowest BCUT2D eigenvalue weighted by Gasteiger charge is -2.41. The van der Waals surface area contributed by atoms with Gasteiger partial charge in [-0.15, -0.1) is 11.8 Å². The molecule has 0 saturated carbocycles. The number of hydrogen-bond donors (Lipinski definition) is 2. The van der Waals surface area contributed by atoms with Crippen LogP contribution in [0.4, 0.5) is 0 Å². The molecule has 4 nitrogen and oxygen atoms in total. The normalized spacial score (nSPS) is 35.2. The van der Waals surface area contributed by atoms with Gasteiger partial charge in [0.2, 0.25) is 0 Å². The summed E-state index contributed by atoms with van der Waals surface area (Å²) in [7, 11) is 1.64. The summed E-state index contributed by atoms with van der Waals surface area (Å²) in [5.41, 5.74) is 0. The summed E-state index contributed by atoms with van der Waals surface area (Å²) in [6.45, 7) is 3.94. The number of aliphatic carboxylic acids is 1. The Hall–Kier alpha value is -0.260. The zero-order valence-electron chi connectivity index (χ0n) is 8.74. The van der Waals surface area contributed by atoms with Crippen LogP contribution >= 0.6 is 11.8 Å². The van der Waals surface area contributed by atoms with Gasteiger partial charge in [-0.1, -0.05) is 0 Å². The van der Waals surface area contributed by atoms with E-state index in [1.165, 1.54) is 0 Å². The van der Waals surface area contributed by atoms with Crippen LogP contribution in [0.25, 0.3) is 0 Å². The maximum atomic E-state index is 10.8. The Morgan fingerprint density at radius 1 is 1.79 bits per heavy atom. The standard InChI is InChI=1S/C9H17NO3S/c1-6(13-3)9(2)10-7(8(11)12)4-5-14-9/h6-7,10H,4-5H2,1-3H3,(H,11,12). The van der Waals surface area contributed by atoms with Crippen molar-refractivity contribution >= 4 is 17.7 Å². The van der Waals surface area contributed by atoms with Crippen molar-refractivity contribution < 1.29 is 14.6 Å². The van der Waals surface area contributed by atoms with Crippen molar-refractivity contribution in [3.63, 3.8) is 0 Å². The van der Waals surface area contributed by atoms with E-state index in [4.69, 9.17) is 9.84 Å². The molecule has 14 heavy (non-hydrogen) atoms. The lowest BCUT2D eigenvalue weighted by molar-refractivity contribution is -0.140. The molecule has 82 valence electrons. The average Bonchev–Trinajstić information content (AvgIpc) is 2.16. The van der Waals surface area contributed by atoms with Gasteiger partial charge in [-0.2, -0.15) is 0 Å². The zero-order valence-corrected chi connectivity index (χ0v) is 9.56. The fourth-order valence-electron chi connectivity index (χ4n) is 1.49. The number of methoxy groups -OCH3 is 1. The Kier molecular flexibility index (Phi) is 3.80. The number of ether oxygens (including phenoxy) is 1. The van der Waals surface area contributed by atoms with Gasteiger partial charge in [-0.3, -0.25) is 10.1 Å². The third kappa shape index (κ3) is 2.40. The fourth-order valence-corrected chi connectivity index (χ4v) is 2.83. The molecule has 0 radical (unpaired) electrons. The molecule has 1 heterocycles. The molecule has 1 aliphatic heterocycles. The summed E-state index contributed by atoms with van der Waals surface area (Å²) < 4.78 is 5.24. The smallest absolute Gasteiger partial charge is 0.320 e. The summed E-state index contributed by atoms with van der Waals surface area (Å²) in [5.74, 6) is 0.0774. The van der Waals surface area contributed by atoms with Crippen molar-refractivity contribution in [3.8, 4) is 0 Å². The lowest BCUT2D eigenvalue weighted by Crippen LogP contribution is -2.58. The van der Waals surface area contributed by atoms with E-state index in [0.717, 1.165) is 5.75 Å². The van der Waals surface area contributed by atoms with Crippen molar-refractivity contribution in [3.05, 3.63) is 0 Å². The van der Waals surface area contributed by atoms with Crippen LogP contribution in [0.1, 0.15) is 20.3 Å². The Bertz CT molecular complexity index is 224. The highest BCUT2D eigenvalue weighted by Crippen LogP contribution is 2.32. The van der Waals surface area contributed by atoms with E-state index >= 15 is 0 Å². The molecule has 1 fully saturated rings. The largest absolute Gasteiger partial charge is 0.480 e. The highest BCUT2D eigenvalue weighted by atomic mass is 32.2. The lowest BCUT2D eigenvalue weighted by atomic mass is 10.1. The van der Waals surface area contributed by atoms with Gasteiger partial charge in [0.15, 0.2) is 0 Å². The molecule has 0 aromatic heterocycles. The topological polar surface area (TPSA) is 58.6 Å². The van der Waals surface area contributed by atoms with Gasteiger partial charge in [0.25, 0.3) is 0 Å². The number of nitrogens with one attached hydrogen (secondary N) is 1. The van der Waals surface area contributed by atoms with Crippen molar-refractivity contribution in [2.45, 2.75) is 37.3 Å². The van der Waals surface area contributed by atoms with Crippen LogP contribution in [0, 0.1) is 0 Å². The van der Waals surface area contributed by atoms with Gasteiger partial charge < -0.3 is 9.84 Å². The van der Waals surface area contributed by atoms with E-state index < -0.39 is 12.0 Å². The number of carboxylic acids is 1. The monoisotopic (exact) mass is 219 g/mol. The van der Waals surface area contributed by atoms with Crippen molar-refractivity contribution in [2.24, 2.45) is 0 Å². The quantitative estimate of drug-likeness (QED) is 0.739. The van der Waals surface area contributed by atoms with Crippen LogP contribution in [-0.2, 0) is 9.53 Å². The van der Waals surface area contributed by atoms with Gasteiger partial charge >= 0.3 is 5.97 Å². The molecule has 0 bridgehead atoms. The molecule has 1 aliphatic rings. The van der Waals surface area contributed by atoms with Crippen LogP contribution in [0.5, 0.6) is 0 Å². The molecule has 0 aromatic rings. The summed E-state index contributed by atoms with van der Waals surface area (Å²) in [6.07, 6.45) is 0.668. The number of thioether (sulfide) groups is 1. The fraction of sp³-hybridized carbons (Fsp3) is 0.889. The molecular weight excluding hydrogens is 202 g/mol. The van der Waals surface area contributed by atoms with E-state index in [1.807, 2.05) is 13.8 Å². The maximum Gasteiger partial charge on any atom is 0.320 e. The van der Waals surface area contributed by atoms with Crippen molar-refractivity contribution in [1.29, 1.82) is 0 Å². The van der Waals surface area contributed by atoms with E-state index in [9.17, 15) is 4.79 Å². The molecule has 1 rings (SSSR count). The van der Waals surface area contributed by atoms with E-state index in [1.54, 1.807) is 18.9 Å². The SMILES string of the molecule is COC(C)C1(C)NC(C(=O)O)CCS1. The second kappa shape index (κ2) is 4.51. The van der Waals surface area contributed by atoms with Crippen molar-refractivity contribution in [2.75, 3.05) is 12.9 Å². The minimum Gasteiger partial charge on any atom is -0.480 e. The number of carbonyl (C=O) groups is 1. The molecular formula is C9H17NO3S. The molecule has 2 N–H and O–H groups in total. The molecule has 5 heteroatoms. The van der Waals surface area contributed by atoms with Crippen LogP contribution in [0.3, 0.4) is 0 Å². The maximum absolute atomic E-state index is 10.8. The third-order valence-corrected chi connectivity index (χ3v) is 4.19. The second-order valence-corrected chi connectivity index (χ2v) is 5.20. The first kappa shape index (κ1) is 11.8. The predicted molar refractivity (Wildman–Crippen MR) is 56.5 cm³/mol. The molecule has 0 spiro atoms. The minimum absolute atomic E-state index is 0.00495. The predicted octanol–water partition coefficient (Wildman–Crippen LogP) is 0.917. The molecule has 3 atom stereocenters. The van der Waals surface area contributed by atoms with Crippen molar-refractivity contribution in [1.82, 2.24) is 5.32 Å². The summed E-state index contributed by atoms with van der Waals surface area (Å²) in [4.78, 5) is 10.5. The highest BCUT2D eigenvalue weighted by molar-refractivity contribution is 8.00. The van der Waals surface area contributed by atoms with Crippen LogP contribution in [0.15, 0.2) is 0 Å². The molecule has 0 aliphatic carbocycles. The Labute approximate surface area is 88.4 Å². The van der Waals surface area contributed by atoms with Gasteiger partial charge in [0.1, 0.15) is 6.04 Å². The highest BCUT2D eigenvalue weighted by Gasteiger charge is 2.39. The van der Waals surface area contributed by atoms with E-state index in [0.29, 0.717) is 6.42 Å². The number of hydrogen-bond acceptors (Lipinski definition) is 4. The summed E-state index contributed by atoms with van der Waals surface area (Å²) in [6, 6.07) is -0.446. The molecule has 3 unspecified atom stereocenters. The first-order valence-electron chi connectivity index (χ1n) is 4.67. The van der Waals surface area contributed by atoms with Crippen LogP contribution in [-0.4, -0.2) is 41.0 Å². The third-order valence-electron chi connectivity index (χ3n) is 2.70. The summed E-state index contributed by atoms with van der Waals surface area (Å²) >= 11 is 1.72. The number of carboxylic acid groups (broad SMARTS) is 1. The van der Waals surface area contributed by atoms with E-state index in [-0.39, 0.29) is 11.0 Å². The Morgan fingerprint density at radius 2 is 2.43 bits per heavy atom. The zero-order chi connectivity index (χ0) is 10.8. The first-order valence-corrected chi connectivity index (χ1v) is 5.65. The summed E-state index contributed by atoms with van der Waals surface area (Å²) in [5, 5.41) is 12.0. The first-order chi connectivity index (χ1) is 6.49. The van der Waals surface area contributed by atoms with Crippen LogP contribution < -0.4 is 5.32 Å². The Balaban J connectivity index is 2.66. The minimum atomic E-state index is -0.778. The van der Waals surface area contributed by atoms with Crippen LogP contribution in [0.2, 0.25) is 0 Å². The van der Waals surface area contributed by atoms with Gasteiger partial charge in [0.05, 0.1) is 11.0 Å². The average molecular weight is 219 g/mol. The van der Waals surface area contributed by atoms with Gasteiger partial charge in [-0.25, -0.2) is 0 Å². The Morgan fingerprint density at radius 3 is 2.93 bits per heavy atom. The second-order valence-electron chi connectivity index (χ2n) is 3.66. The molecule has 0 aromatic carbocycles.